The fourth-order valence-corrected chi connectivity index (χ4v) is 8.64. The van der Waals surface area contributed by atoms with Gasteiger partial charge >= 0.3 is 12.3 Å². The summed E-state index contributed by atoms with van der Waals surface area (Å²) in [4.78, 5) is 48.6. The molecule has 14 heteroatoms. The Labute approximate surface area is 295 Å². The third-order valence-corrected chi connectivity index (χ3v) is 11.7. The molecule has 7 rings (SSSR count). The number of amides is 3. The van der Waals surface area contributed by atoms with Crippen LogP contribution >= 0.6 is 11.6 Å². The molecular weight excluding hydrogens is 673 g/mol. The molecule has 0 radical (unpaired) electrons. The normalized spacial score (nSPS) is 22.6. The van der Waals surface area contributed by atoms with E-state index in [1.165, 1.54) is 23.8 Å². The smallest absolute Gasteiger partial charge is 0.418 e. The van der Waals surface area contributed by atoms with Gasteiger partial charge in [0.25, 0.3) is 5.91 Å². The number of nitrogens with two attached hydrogens (primary N) is 1. The zero-order valence-corrected chi connectivity index (χ0v) is 28.8. The number of piperidine rings is 2. The quantitative estimate of drug-likeness (QED) is 0.399. The highest BCUT2D eigenvalue weighted by molar-refractivity contribution is 6.33. The molecule has 4 fully saturated rings. The highest BCUT2D eigenvalue weighted by Gasteiger charge is 2.44. The molecule has 4 aliphatic heterocycles. The van der Waals surface area contributed by atoms with Gasteiger partial charge in [0, 0.05) is 88.4 Å². The summed E-state index contributed by atoms with van der Waals surface area (Å²) in [6.45, 7) is 5.64. The molecule has 1 aliphatic carbocycles. The van der Waals surface area contributed by atoms with Gasteiger partial charge in [0.15, 0.2) is 6.10 Å². The molecule has 1 atom stereocenters. The van der Waals surface area contributed by atoms with Gasteiger partial charge < -0.3 is 25.6 Å². The molecule has 3 saturated heterocycles. The van der Waals surface area contributed by atoms with Crippen molar-refractivity contribution in [1.82, 2.24) is 19.6 Å². The Morgan fingerprint density at radius 2 is 1.54 bits per heavy atom. The number of hydrogen-bond acceptors (Lipinski definition) is 7. The molecule has 4 heterocycles. The molecule has 2 aromatic rings. The number of alkyl halides is 3. The van der Waals surface area contributed by atoms with Gasteiger partial charge in [-0.25, -0.2) is 4.79 Å². The minimum Gasteiger partial charge on any atom is -0.436 e. The lowest BCUT2D eigenvalue weighted by Crippen LogP contribution is -2.55. The predicted molar refractivity (Wildman–Crippen MR) is 183 cm³/mol. The van der Waals surface area contributed by atoms with E-state index in [1.54, 1.807) is 4.90 Å². The zero-order valence-electron chi connectivity index (χ0n) is 28.0. The van der Waals surface area contributed by atoms with Gasteiger partial charge in [0.2, 0.25) is 5.91 Å². The molecule has 1 saturated carbocycles. The van der Waals surface area contributed by atoms with Crippen molar-refractivity contribution in [2.45, 2.75) is 81.1 Å². The van der Waals surface area contributed by atoms with Crippen LogP contribution < -0.4 is 11.1 Å². The lowest BCUT2D eigenvalue weighted by molar-refractivity contribution is -0.142. The lowest BCUT2D eigenvalue weighted by atomic mass is 9.68. The minimum atomic E-state index is -4.76. The molecule has 5 aliphatic rings. The average molecular weight is 717 g/mol. The van der Waals surface area contributed by atoms with E-state index in [1.807, 2.05) is 24.3 Å². The molecule has 3 N–H and O–H groups in total. The van der Waals surface area contributed by atoms with Gasteiger partial charge in [-0.2, -0.15) is 13.2 Å². The predicted octanol–water partition coefficient (Wildman–Crippen LogP) is 5.14. The fourth-order valence-electron chi connectivity index (χ4n) is 8.39. The van der Waals surface area contributed by atoms with Crippen LogP contribution in [0.5, 0.6) is 0 Å². The molecule has 3 amide bonds. The second-order valence-corrected chi connectivity index (χ2v) is 14.9. The van der Waals surface area contributed by atoms with Crippen molar-refractivity contribution in [3.05, 3.63) is 58.1 Å². The number of para-hydroxylation sites is 1. The van der Waals surface area contributed by atoms with E-state index in [2.05, 4.69) is 15.1 Å². The Balaban J connectivity index is 1.04. The number of carbonyl (C=O) groups is 3. The van der Waals surface area contributed by atoms with Crippen molar-refractivity contribution in [3.8, 4) is 0 Å². The zero-order chi connectivity index (χ0) is 35.2. The van der Waals surface area contributed by atoms with Crippen molar-refractivity contribution < 1.29 is 32.3 Å². The van der Waals surface area contributed by atoms with Crippen molar-refractivity contribution in [3.63, 3.8) is 0 Å². The number of halogens is 4. The molecule has 270 valence electrons. The molecule has 1 spiro atoms. The second kappa shape index (κ2) is 13.9. The number of nitrogens with one attached hydrogen (secondary N) is 1. The van der Waals surface area contributed by atoms with E-state index in [0.717, 1.165) is 62.4 Å². The number of nitrogen functional groups attached to an aromatic ring is 1. The summed E-state index contributed by atoms with van der Waals surface area (Å²) >= 11 is 6.13. The van der Waals surface area contributed by atoms with Crippen LogP contribution in [0.3, 0.4) is 0 Å². The summed E-state index contributed by atoms with van der Waals surface area (Å²) in [6.07, 6.45) is -1.66. The Hall–Kier alpha value is -3.55. The molecule has 10 nitrogen and oxygen atoms in total. The molecule has 2 aromatic carbocycles. The summed E-state index contributed by atoms with van der Waals surface area (Å²) in [5, 5.41) is 2.65. The van der Waals surface area contributed by atoms with Gasteiger partial charge in [-0.15, -0.1) is 0 Å². The number of benzene rings is 2. The second-order valence-electron chi connectivity index (χ2n) is 14.5. The van der Waals surface area contributed by atoms with Crippen molar-refractivity contribution >= 4 is 40.9 Å². The van der Waals surface area contributed by atoms with E-state index < -0.39 is 40.9 Å². The fraction of sp³-hybridized carbons (Fsp3) is 0.583. The molecule has 0 unspecified atom stereocenters. The van der Waals surface area contributed by atoms with E-state index in [-0.39, 0.29) is 22.9 Å². The molecule has 50 heavy (non-hydrogen) atoms. The number of likely N-dealkylation sites (tertiary alicyclic amines) is 2. The third kappa shape index (κ3) is 7.27. The van der Waals surface area contributed by atoms with Crippen LogP contribution in [0.15, 0.2) is 36.4 Å². The maximum atomic E-state index is 14.1. The Bertz CT molecular complexity index is 1610. The van der Waals surface area contributed by atoms with E-state index in [0.29, 0.717) is 51.5 Å². The Morgan fingerprint density at radius 3 is 2.16 bits per heavy atom. The highest BCUT2D eigenvalue weighted by Crippen LogP contribution is 2.45. The number of rotatable bonds is 6. The van der Waals surface area contributed by atoms with Crippen LogP contribution in [0.25, 0.3) is 0 Å². The van der Waals surface area contributed by atoms with Gasteiger partial charge in [-0.05, 0) is 67.9 Å². The summed E-state index contributed by atoms with van der Waals surface area (Å²) in [6, 6.07) is 10.9. The summed E-state index contributed by atoms with van der Waals surface area (Å²) in [5.74, 6) is -0.515. The standard InChI is InChI=1S/C36H44ClF3N6O4/c37-28-20-23(19-27(32(28)41)36(38,39)40)21-30(33(48)45-11-7-25(8-12-45)44-17-15-43(16-18-44)24-5-6-24)50-34(49)46-13-9-35(10-14-46)22-31(47)42-29-4-2-1-3-26(29)35/h1-4,19-20,24-25,30H,5-18,21-22,41H2,(H,42,47)/t30-/m1/s1. The molecule has 0 bridgehead atoms. The van der Waals surface area contributed by atoms with Crippen LogP contribution in [-0.2, 0) is 32.3 Å². The summed E-state index contributed by atoms with van der Waals surface area (Å²) < 4.78 is 47.4. The lowest BCUT2D eigenvalue weighted by Gasteiger charge is -2.45. The number of hydrogen-bond donors (Lipinski definition) is 2. The Morgan fingerprint density at radius 1 is 0.920 bits per heavy atom. The number of ether oxygens (including phenoxy) is 1. The Kier molecular flexibility index (Phi) is 9.68. The first-order valence-electron chi connectivity index (χ1n) is 17.7. The minimum absolute atomic E-state index is 0.0740. The first-order valence-corrected chi connectivity index (χ1v) is 18.0. The van der Waals surface area contributed by atoms with E-state index >= 15 is 0 Å². The topological polar surface area (TPSA) is 111 Å². The molecule has 0 aromatic heterocycles. The first kappa shape index (κ1) is 34.9. The van der Waals surface area contributed by atoms with E-state index in [4.69, 9.17) is 22.1 Å². The number of fused-ring (bicyclic) bond motifs is 2. The van der Waals surface area contributed by atoms with Crippen LogP contribution in [0, 0.1) is 0 Å². The van der Waals surface area contributed by atoms with Crippen LogP contribution in [0.1, 0.15) is 61.6 Å². The summed E-state index contributed by atoms with van der Waals surface area (Å²) in [7, 11) is 0. The molecular formula is C36H44ClF3N6O4. The van der Waals surface area contributed by atoms with Crippen LogP contribution in [0.2, 0.25) is 5.02 Å². The monoisotopic (exact) mass is 716 g/mol. The largest absolute Gasteiger partial charge is 0.436 e. The first-order chi connectivity index (χ1) is 23.9. The van der Waals surface area contributed by atoms with Crippen LogP contribution in [-0.4, -0.2) is 108 Å². The average Bonchev–Trinajstić information content (AvgIpc) is 3.95. The maximum absolute atomic E-state index is 14.1. The van der Waals surface area contributed by atoms with Crippen LogP contribution in [0.4, 0.5) is 29.3 Å². The SMILES string of the molecule is Nc1c(Cl)cc(C[C@@H](OC(=O)N2CCC3(CC2)CC(=O)Nc2ccccc23)C(=O)N2CCC(N3CCN(C4CC4)CC3)CC2)cc1C(F)(F)F. The number of nitrogens with zero attached hydrogens (tertiary/aromatic N) is 4. The number of anilines is 2. The van der Waals surface area contributed by atoms with Crippen molar-refractivity contribution in [1.29, 1.82) is 0 Å². The number of piperazine rings is 1. The third-order valence-electron chi connectivity index (χ3n) is 11.4. The highest BCUT2D eigenvalue weighted by atomic mass is 35.5. The van der Waals surface area contributed by atoms with Crippen molar-refractivity contribution in [2.24, 2.45) is 0 Å². The van der Waals surface area contributed by atoms with Gasteiger partial charge in [0.05, 0.1) is 16.3 Å². The van der Waals surface area contributed by atoms with E-state index in [9.17, 15) is 27.6 Å². The van der Waals surface area contributed by atoms with Gasteiger partial charge in [-0.3, -0.25) is 19.4 Å². The number of carbonyl (C=O) groups excluding carboxylic acids is 3. The van der Waals surface area contributed by atoms with Crippen molar-refractivity contribution in [2.75, 3.05) is 63.4 Å². The maximum Gasteiger partial charge on any atom is 0.418 e. The van der Waals surface area contributed by atoms with Gasteiger partial charge in [0.1, 0.15) is 0 Å². The summed E-state index contributed by atoms with van der Waals surface area (Å²) in [5.41, 5.74) is 5.46. The van der Waals surface area contributed by atoms with Gasteiger partial charge in [-0.1, -0.05) is 29.8 Å².